The van der Waals surface area contributed by atoms with Crippen molar-refractivity contribution in [1.29, 1.82) is 0 Å². The van der Waals surface area contributed by atoms with Gasteiger partial charge in [-0.05, 0) is 37.5 Å². The maximum Gasteiger partial charge on any atom is 0.152 e. The maximum absolute atomic E-state index is 11.7. The van der Waals surface area contributed by atoms with Gasteiger partial charge in [-0.2, -0.15) is 0 Å². The molecule has 128 valence electrons. The Balaban J connectivity index is 1.80. The molecule has 1 aliphatic rings. The van der Waals surface area contributed by atoms with Gasteiger partial charge in [0.15, 0.2) is 9.84 Å². The Morgan fingerprint density at radius 2 is 2.00 bits per heavy atom. The van der Waals surface area contributed by atoms with E-state index in [9.17, 15) is 8.42 Å². The minimum Gasteiger partial charge on any atom is -0.355 e. The van der Waals surface area contributed by atoms with Crippen LogP contribution in [0.2, 0.25) is 0 Å². The van der Waals surface area contributed by atoms with Gasteiger partial charge in [-0.1, -0.05) is 12.1 Å². The van der Waals surface area contributed by atoms with Crippen molar-refractivity contribution >= 4 is 27.2 Å². The fourth-order valence-corrected chi connectivity index (χ4v) is 4.66. The fraction of sp³-hybridized carbons (Fsp3) is 0.412. The van der Waals surface area contributed by atoms with Gasteiger partial charge in [-0.3, -0.25) is 0 Å². The molecule has 1 unspecified atom stereocenters. The van der Waals surface area contributed by atoms with E-state index in [0.717, 1.165) is 17.1 Å². The SMILES string of the molecule is Cc1ccc(C)c(Nc2cc(N(C)C3CCS(=O)(=O)C3)ncn2)c1. The summed E-state index contributed by atoms with van der Waals surface area (Å²) in [6.07, 6.45) is 2.14. The molecule has 1 atom stereocenters. The summed E-state index contributed by atoms with van der Waals surface area (Å²) >= 11 is 0. The lowest BCUT2D eigenvalue weighted by molar-refractivity contribution is 0.600. The van der Waals surface area contributed by atoms with Crippen molar-refractivity contribution in [3.05, 3.63) is 41.7 Å². The molecular formula is C17H22N4O2S. The molecular weight excluding hydrogens is 324 g/mol. The third-order valence-electron chi connectivity index (χ3n) is 4.43. The van der Waals surface area contributed by atoms with Crippen LogP contribution in [0.1, 0.15) is 17.5 Å². The van der Waals surface area contributed by atoms with E-state index in [1.807, 2.05) is 31.9 Å². The second-order valence-corrected chi connectivity index (χ2v) is 8.60. The van der Waals surface area contributed by atoms with Crippen LogP contribution in [0.15, 0.2) is 30.6 Å². The molecule has 1 aromatic carbocycles. The number of hydrogen-bond donors (Lipinski definition) is 1. The zero-order valence-electron chi connectivity index (χ0n) is 14.2. The van der Waals surface area contributed by atoms with Crippen LogP contribution < -0.4 is 10.2 Å². The third-order valence-corrected chi connectivity index (χ3v) is 6.18. The van der Waals surface area contributed by atoms with Gasteiger partial charge in [-0.15, -0.1) is 0 Å². The second kappa shape index (κ2) is 6.39. The smallest absolute Gasteiger partial charge is 0.152 e. The zero-order chi connectivity index (χ0) is 17.3. The number of nitrogens with zero attached hydrogens (tertiary/aromatic N) is 3. The van der Waals surface area contributed by atoms with Crippen molar-refractivity contribution in [1.82, 2.24) is 9.97 Å². The second-order valence-electron chi connectivity index (χ2n) is 6.37. The van der Waals surface area contributed by atoms with E-state index < -0.39 is 9.84 Å². The van der Waals surface area contributed by atoms with Crippen LogP contribution in [-0.2, 0) is 9.84 Å². The normalized spacial score (nSPS) is 19.2. The average Bonchev–Trinajstić information content (AvgIpc) is 2.90. The van der Waals surface area contributed by atoms with Gasteiger partial charge in [0.25, 0.3) is 0 Å². The maximum atomic E-state index is 11.7. The van der Waals surface area contributed by atoms with E-state index in [4.69, 9.17) is 0 Å². The standard InChI is InChI=1S/C17H22N4O2S/c1-12-4-5-13(2)15(8-12)20-16-9-17(19-11-18-16)21(3)14-6-7-24(22,23)10-14/h4-5,8-9,11,14H,6-7,10H2,1-3H3,(H,18,19,20). The molecule has 0 amide bonds. The molecule has 0 radical (unpaired) electrons. The first kappa shape index (κ1) is 16.7. The predicted molar refractivity (Wildman–Crippen MR) is 96.7 cm³/mol. The Labute approximate surface area is 142 Å². The molecule has 6 nitrogen and oxygen atoms in total. The molecule has 1 aliphatic heterocycles. The highest BCUT2D eigenvalue weighted by Crippen LogP contribution is 2.25. The minimum atomic E-state index is -2.92. The van der Waals surface area contributed by atoms with Gasteiger partial charge in [0, 0.05) is 24.8 Å². The Morgan fingerprint density at radius 1 is 1.21 bits per heavy atom. The first-order valence-electron chi connectivity index (χ1n) is 7.94. The number of anilines is 3. The summed E-state index contributed by atoms with van der Waals surface area (Å²) in [5.74, 6) is 1.86. The van der Waals surface area contributed by atoms with Crippen LogP contribution in [0, 0.1) is 13.8 Å². The molecule has 3 rings (SSSR count). The lowest BCUT2D eigenvalue weighted by Crippen LogP contribution is -2.33. The molecule has 0 saturated carbocycles. The Kier molecular flexibility index (Phi) is 4.45. The van der Waals surface area contributed by atoms with Gasteiger partial charge in [0.2, 0.25) is 0 Å². The molecule has 1 saturated heterocycles. The predicted octanol–water partition coefficient (Wildman–Crippen LogP) is 2.46. The number of rotatable bonds is 4. The molecule has 0 bridgehead atoms. The molecule has 1 aromatic heterocycles. The average molecular weight is 346 g/mol. The van der Waals surface area contributed by atoms with E-state index in [-0.39, 0.29) is 17.5 Å². The Hall–Kier alpha value is -2.15. The molecule has 0 spiro atoms. The zero-order valence-corrected chi connectivity index (χ0v) is 15.0. The van der Waals surface area contributed by atoms with Gasteiger partial charge in [-0.25, -0.2) is 18.4 Å². The highest BCUT2D eigenvalue weighted by Gasteiger charge is 2.31. The van der Waals surface area contributed by atoms with Crippen molar-refractivity contribution in [2.75, 3.05) is 28.8 Å². The van der Waals surface area contributed by atoms with Gasteiger partial charge < -0.3 is 10.2 Å². The van der Waals surface area contributed by atoms with Crippen LogP contribution in [0.3, 0.4) is 0 Å². The quantitative estimate of drug-likeness (QED) is 0.916. The monoisotopic (exact) mass is 346 g/mol. The molecule has 7 heteroatoms. The molecule has 1 fully saturated rings. The van der Waals surface area contributed by atoms with E-state index in [2.05, 4.69) is 33.5 Å². The number of nitrogens with one attached hydrogen (secondary N) is 1. The van der Waals surface area contributed by atoms with E-state index >= 15 is 0 Å². The first-order valence-corrected chi connectivity index (χ1v) is 9.76. The number of benzene rings is 1. The van der Waals surface area contributed by atoms with Crippen molar-refractivity contribution < 1.29 is 8.42 Å². The van der Waals surface area contributed by atoms with E-state index in [1.54, 1.807) is 0 Å². The number of sulfone groups is 1. The summed E-state index contributed by atoms with van der Waals surface area (Å²) < 4.78 is 23.4. The number of aryl methyl sites for hydroxylation is 2. The van der Waals surface area contributed by atoms with Crippen LogP contribution in [0.25, 0.3) is 0 Å². The van der Waals surface area contributed by atoms with Crippen molar-refractivity contribution in [2.45, 2.75) is 26.3 Å². The van der Waals surface area contributed by atoms with Gasteiger partial charge >= 0.3 is 0 Å². The topological polar surface area (TPSA) is 75.2 Å². The molecule has 24 heavy (non-hydrogen) atoms. The number of aromatic nitrogens is 2. The van der Waals surface area contributed by atoms with Crippen LogP contribution in [-0.4, -0.2) is 43.0 Å². The summed E-state index contributed by atoms with van der Waals surface area (Å²) in [5, 5.41) is 3.32. The van der Waals surface area contributed by atoms with Crippen LogP contribution >= 0.6 is 0 Å². The summed E-state index contributed by atoms with van der Waals surface area (Å²) in [6.45, 7) is 4.09. The molecule has 2 aromatic rings. The van der Waals surface area contributed by atoms with Crippen molar-refractivity contribution in [3.8, 4) is 0 Å². The third kappa shape index (κ3) is 3.67. The van der Waals surface area contributed by atoms with Crippen molar-refractivity contribution in [3.63, 3.8) is 0 Å². The van der Waals surface area contributed by atoms with Crippen LogP contribution in [0.5, 0.6) is 0 Å². The van der Waals surface area contributed by atoms with Gasteiger partial charge in [0.05, 0.1) is 11.5 Å². The molecule has 1 N–H and O–H groups in total. The van der Waals surface area contributed by atoms with E-state index in [0.29, 0.717) is 12.2 Å². The minimum absolute atomic E-state index is 0.0292. The lowest BCUT2D eigenvalue weighted by atomic mass is 10.1. The number of hydrogen-bond acceptors (Lipinski definition) is 6. The van der Waals surface area contributed by atoms with E-state index in [1.165, 1.54) is 11.9 Å². The summed E-state index contributed by atoms with van der Waals surface area (Å²) in [5.41, 5.74) is 3.31. The summed E-state index contributed by atoms with van der Waals surface area (Å²) in [4.78, 5) is 10.5. The van der Waals surface area contributed by atoms with Crippen molar-refractivity contribution in [2.24, 2.45) is 0 Å². The largest absolute Gasteiger partial charge is 0.355 e. The molecule has 2 heterocycles. The lowest BCUT2D eigenvalue weighted by Gasteiger charge is -2.24. The summed E-state index contributed by atoms with van der Waals surface area (Å²) in [7, 11) is -1.03. The van der Waals surface area contributed by atoms with Gasteiger partial charge in [0.1, 0.15) is 18.0 Å². The highest BCUT2D eigenvalue weighted by molar-refractivity contribution is 7.91. The highest BCUT2D eigenvalue weighted by atomic mass is 32.2. The summed E-state index contributed by atoms with van der Waals surface area (Å²) in [6, 6.07) is 8.03. The van der Waals surface area contributed by atoms with Crippen LogP contribution in [0.4, 0.5) is 17.3 Å². The fourth-order valence-electron chi connectivity index (χ4n) is 2.88. The Bertz CT molecular complexity index is 851. The Morgan fingerprint density at radius 3 is 2.71 bits per heavy atom. The molecule has 0 aliphatic carbocycles. The first-order chi connectivity index (χ1) is 11.3.